The molecule has 2 aliphatic rings. The van der Waals surface area contributed by atoms with E-state index < -0.39 is 0 Å². The standard InChI is InChI=1S/C16H22N2O4/c1-2-20-16(19)11-18-7-5-17(6-8-18)10-13-3-4-14-15(9-13)22-12-21-14/h3-4,9H,2,5-8,10-12H2,1H3. The van der Waals surface area contributed by atoms with Crippen molar-refractivity contribution < 1.29 is 19.0 Å². The van der Waals surface area contributed by atoms with Crippen LogP contribution in [0.1, 0.15) is 12.5 Å². The molecule has 0 unspecified atom stereocenters. The first-order chi connectivity index (χ1) is 10.7. The van der Waals surface area contributed by atoms with Crippen LogP contribution < -0.4 is 9.47 Å². The second-order valence-electron chi connectivity index (χ2n) is 5.54. The largest absolute Gasteiger partial charge is 0.465 e. The molecule has 0 amide bonds. The number of carbonyl (C=O) groups excluding carboxylic acids is 1. The molecule has 0 bridgehead atoms. The molecule has 2 heterocycles. The van der Waals surface area contributed by atoms with Crippen LogP contribution in [-0.4, -0.2) is 61.9 Å². The van der Waals surface area contributed by atoms with Gasteiger partial charge in [0, 0.05) is 32.7 Å². The van der Waals surface area contributed by atoms with E-state index in [1.807, 2.05) is 19.1 Å². The molecule has 1 aromatic rings. The summed E-state index contributed by atoms with van der Waals surface area (Å²) in [6.45, 7) is 7.57. The summed E-state index contributed by atoms with van der Waals surface area (Å²) >= 11 is 0. The van der Waals surface area contributed by atoms with Crippen molar-refractivity contribution in [2.75, 3.05) is 46.1 Å². The second-order valence-corrected chi connectivity index (χ2v) is 5.54. The summed E-state index contributed by atoms with van der Waals surface area (Å²) in [5.74, 6) is 1.52. The van der Waals surface area contributed by atoms with Gasteiger partial charge in [-0.2, -0.15) is 0 Å². The molecule has 22 heavy (non-hydrogen) atoms. The molecular weight excluding hydrogens is 284 g/mol. The van der Waals surface area contributed by atoms with E-state index >= 15 is 0 Å². The zero-order valence-corrected chi connectivity index (χ0v) is 12.9. The lowest BCUT2D eigenvalue weighted by Crippen LogP contribution is -2.47. The van der Waals surface area contributed by atoms with Crippen molar-refractivity contribution in [3.8, 4) is 11.5 Å². The average molecular weight is 306 g/mol. The lowest BCUT2D eigenvalue weighted by Gasteiger charge is -2.34. The quantitative estimate of drug-likeness (QED) is 0.759. The van der Waals surface area contributed by atoms with E-state index in [-0.39, 0.29) is 5.97 Å². The van der Waals surface area contributed by atoms with Gasteiger partial charge >= 0.3 is 5.97 Å². The van der Waals surface area contributed by atoms with Gasteiger partial charge in [-0.05, 0) is 24.6 Å². The number of rotatable bonds is 5. The van der Waals surface area contributed by atoms with Gasteiger partial charge in [0.15, 0.2) is 11.5 Å². The SMILES string of the molecule is CCOC(=O)CN1CCN(Cc2ccc3c(c2)OCO3)CC1. The third kappa shape index (κ3) is 3.69. The van der Waals surface area contributed by atoms with Crippen molar-refractivity contribution in [2.45, 2.75) is 13.5 Å². The zero-order chi connectivity index (χ0) is 15.4. The maximum atomic E-state index is 11.5. The third-order valence-corrected chi connectivity index (χ3v) is 3.97. The fourth-order valence-electron chi connectivity index (χ4n) is 2.79. The molecule has 6 nitrogen and oxygen atoms in total. The Hall–Kier alpha value is -1.79. The zero-order valence-electron chi connectivity index (χ0n) is 12.9. The maximum Gasteiger partial charge on any atom is 0.320 e. The van der Waals surface area contributed by atoms with Crippen LogP contribution in [0.15, 0.2) is 18.2 Å². The predicted octanol–water partition coefficient (Wildman–Crippen LogP) is 1.10. The van der Waals surface area contributed by atoms with E-state index in [0.29, 0.717) is 19.9 Å². The van der Waals surface area contributed by atoms with Gasteiger partial charge in [-0.15, -0.1) is 0 Å². The maximum absolute atomic E-state index is 11.5. The van der Waals surface area contributed by atoms with Crippen LogP contribution in [0, 0.1) is 0 Å². The Morgan fingerprint density at radius 2 is 1.86 bits per heavy atom. The molecule has 6 heteroatoms. The van der Waals surface area contributed by atoms with E-state index in [1.54, 1.807) is 0 Å². The summed E-state index contributed by atoms with van der Waals surface area (Å²) in [6, 6.07) is 6.10. The molecule has 1 aromatic carbocycles. The van der Waals surface area contributed by atoms with Crippen molar-refractivity contribution in [2.24, 2.45) is 0 Å². The highest BCUT2D eigenvalue weighted by Gasteiger charge is 2.20. The monoisotopic (exact) mass is 306 g/mol. The van der Waals surface area contributed by atoms with Crippen molar-refractivity contribution in [3.05, 3.63) is 23.8 Å². The van der Waals surface area contributed by atoms with Crippen LogP contribution >= 0.6 is 0 Å². The molecule has 0 N–H and O–H groups in total. The Balaban J connectivity index is 1.47. The minimum absolute atomic E-state index is 0.133. The number of hydrogen-bond donors (Lipinski definition) is 0. The minimum Gasteiger partial charge on any atom is -0.465 e. The Kier molecular flexibility index (Phi) is 4.80. The fourth-order valence-corrected chi connectivity index (χ4v) is 2.79. The first-order valence-corrected chi connectivity index (χ1v) is 7.73. The average Bonchev–Trinajstić information content (AvgIpc) is 2.97. The van der Waals surface area contributed by atoms with Crippen molar-refractivity contribution in [1.82, 2.24) is 9.80 Å². The molecule has 1 saturated heterocycles. The van der Waals surface area contributed by atoms with Crippen molar-refractivity contribution in [3.63, 3.8) is 0 Å². The fraction of sp³-hybridized carbons (Fsp3) is 0.562. The van der Waals surface area contributed by atoms with Gasteiger partial charge < -0.3 is 14.2 Å². The summed E-state index contributed by atoms with van der Waals surface area (Å²) in [5, 5.41) is 0. The lowest BCUT2D eigenvalue weighted by molar-refractivity contribution is -0.144. The van der Waals surface area contributed by atoms with Crippen LogP contribution in [-0.2, 0) is 16.1 Å². The molecule has 0 radical (unpaired) electrons. The molecule has 0 saturated carbocycles. The number of ether oxygens (including phenoxy) is 3. The molecule has 0 spiro atoms. The van der Waals surface area contributed by atoms with Crippen molar-refractivity contribution in [1.29, 1.82) is 0 Å². The second kappa shape index (κ2) is 6.98. The van der Waals surface area contributed by atoms with E-state index in [0.717, 1.165) is 44.2 Å². The number of benzene rings is 1. The normalized spacial score (nSPS) is 18.4. The summed E-state index contributed by atoms with van der Waals surface area (Å²) < 4.78 is 15.7. The van der Waals surface area contributed by atoms with Gasteiger partial charge in [-0.25, -0.2) is 0 Å². The molecular formula is C16H22N2O4. The Morgan fingerprint density at radius 3 is 2.64 bits per heavy atom. The van der Waals surface area contributed by atoms with E-state index in [4.69, 9.17) is 14.2 Å². The predicted molar refractivity (Wildman–Crippen MR) is 80.9 cm³/mol. The Bertz CT molecular complexity index is 527. The number of fused-ring (bicyclic) bond motifs is 1. The lowest BCUT2D eigenvalue weighted by atomic mass is 10.1. The van der Waals surface area contributed by atoms with Gasteiger partial charge in [0.1, 0.15) is 0 Å². The molecule has 0 atom stereocenters. The van der Waals surface area contributed by atoms with E-state index in [9.17, 15) is 4.79 Å². The molecule has 0 aliphatic carbocycles. The summed E-state index contributed by atoms with van der Waals surface area (Å²) in [5.41, 5.74) is 1.23. The minimum atomic E-state index is -0.133. The third-order valence-electron chi connectivity index (χ3n) is 3.97. The number of nitrogens with zero attached hydrogens (tertiary/aromatic N) is 2. The number of carbonyl (C=O) groups is 1. The van der Waals surface area contributed by atoms with Crippen LogP contribution in [0.4, 0.5) is 0 Å². The van der Waals surface area contributed by atoms with Crippen LogP contribution in [0.2, 0.25) is 0 Å². The van der Waals surface area contributed by atoms with Crippen LogP contribution in [0.3, 0.4) is 0 Å². The van der Waals surface area contributed by atoms with Gasteiger partial charge in [0.05, 0.1) is 13.2 Å². The first kappa shape index (κ1) is 15.1. The van der Waals surface area contributed by atoms with Gasteiger partial charge in [0.2, 0.25) is 6.79 Å². The number of piperazine rings is 1. The topological polar surface area (TPSA) is 51.2 Å². The highest BCUT2D eigenvalue weighted by Crippen LogP contribution is 2.32. The summed E-state index contributed by atoms with van der Waals surface area (Å²) in [6.07, 6.45) is 0. The Morgan fingerprint density at radius 1 is 1.14 bits per heavy atom. The Labute approximate surface area is 130 Å². The molecule has 2 aliphatic heterocycles. The van der Waals surface area contributed by atoms with Crippen molar-refractivity contribution >= 4 is 5.97 Å². The van der Waals surface area contributed by atoms with E-state index in [2.05, 4.69) is 15.9 Å². The van der Waals surface area contributed by atoms with Gasteiger partial charge in [-0.1, -0.05) is 6.07 Å². The number of hydrogen-bond acceptors (Lipinski definition) is 6. The molecule has 1 fully saturated rings. The first-order valence-electron chi connectivity index (χ1n) is 7.73. The molecule has 0 aromatic heterocycles. The van der Waals surface area contributed by atoms with Crippen LogP contribution in [0.5, 0.6) is 11.5 Å². The van der Waals surface area contributed by atoms with Crippen LogP contribution in [0.25, 0.3) is 0 Å². The highest BCUT2D eigenvalue weighted by atomic mass is 16.7. The van der Waals surface area contributed by atoms with E-state index in [1.165, 1.54) is 5.56 Å². The molecule has 120 valence electrons. The van der Waals surface area contributed by atoms with Gasteiger partial charge in [-0.3, -0.25) is 14.6 Å². The molecule has 3 rings (SSSR count). The highest BCUT2D eigenvalue weighted by molar-refractivity contribution is 5.71. The number of esters is 1. The van der Waals surface area contributed by atoms with Gasteiger partial charge in [0.25, 0.3) is 0 Å². The smallest absolute Gasteiger partial charge is 0.320 e. The summed E-state index contributed by atoms with van der Waals surface area (Å²) in [7, 11) is 0. The summed E-state index contributed by atoms with van der Waals surface area (Å²) in [4.78, 5) is 16.0.